The predicted octanol–water partition coefficient (Wildman–Crippen LogP) is 3.75. The lowest BCUT2D eigenvalue weighted by Crippen LogP contribution is -2.49. The molecule has 0 unspecified atom stereocenters. The summed E-state index contributed by atoms with van der Waals surface area (Å²) in [7, 11) is -1.95. The zero-order valence-corrected chi connectivity index (χ0v) is 23.0. The number of aryl methyl sites for hydroxylation is 1. The molecule has 0 aromatic heterocycles. The van der Waals surface area contributed by atoms with Gasteiger partial charge in [0.05, 0.1) is 19.1 Å². The highest BCUT2D eigenvalue weighted by atomic mass is 32.2. The van der Waals surface area contributed by atoms with Crippen molar-refractivity contribution >= 4 is 27.5 Å². The predicted molar refractivity (Wildman–Crippen MR) is 144 cm³/mol. The molecule has 2 aromatic carbocycles. The molecule has 0 saturated carbocycles. The number of carbonyl (C=O) groups is 2. The summed E-state index contributed by atoms with van der Waals surface area (Å²) in [4.78, 5) is 27.6. The number of ether oxygens (including phenoxy) is 1. The third-order valence-corrected chi connectivity index (χ3v) is 7.06. The minimum absolute atomic E-state index is 0.0591. The molecule has 8 nitrogen and oxygen atoms in total. The number of rotatable bonds is 13. The van der Waals surface area contributed by atoms with Crippen LogP contribution in [0, 0.1) is 0 Å². The number of hydrogen-bond donors (Lipinski definition) is 1. The second-order valence-electron chi connectivity index (χ2n) is 9.17. The Kier molecular flexibility index (Phi) is 10.8. The molecule has 9 heteroatoms. The summed E-state index contributed by atoms with van der Waals surface area (Å²) in [6.45, 7) is 7.87. The van der Waals surface area contributed by atoms with Crippen LogP contribution in [0.1, 0.15) is 51.7 Å². The van der Waals surface area contributed by atoms with Gasteiger partial charge < -0.3 is 15.0 Å². The van der Waals surface area contributed by atoms with E-state index in [2.05, 4.69) is 5.32 Å². The van der Waals surface area contributed by atoms with E-state index in [9.17, 15) is 18.0 Å². The van der Waals surface area contributed by atoms with Gasteiger partial charge in [-0.05, 0) is 69.0 Å². The van der Waals surface area contributed by atoms with E-state index < -0.39 is 16.1 Å². The molecule has 0 spiro atoms. The van der Waals surface area contributed by atoms with Gasteiger partial charge in [-0.1, -0.05) is 31.2 Å². The Bertz CT molecular complexity index is 1120. The minimum Gasteiger partial charge on any atom is -0.497 e. The molecule has 0 aliphatic carbocycles. The summed E-state index contributed by atoms with van der Waals surface area (Å²) in [5, 5.41) is 2.87. The maximum atomic E-state index is 13.3. The topological polar surface area (TPSA) is 96.0 Å². The summed E-state index contributed by atoms with van der Waals surface area (Å²) in [5.41, 5.74) is 2.52. The van der Waals surface area contributed by atoms with Gasteiger partial charge in [-0.25, -0.2) is 8.42 Å². The maximum Gasteiger partial charge on any atom is 0.242 e. The summed E-state index contributed by atoms with van der Waals surface area (Å²) < 4.78 is 31.5. The first kappa shape index (κ1) is 29.2. The highest BCUT2D eigenvalue weighted by Crippen LogP contribution is 2.21. The van der Waals surface area contributed by atoms with E-state index in [-0.39, 0.29) is 37.4 Å². The molecule has 1 N–H and O–H groups in total. The van der Waals surface area contributed by atoms with E-state index >= 15 is 0 Å². The molecule has 0 radical (unpaired) electrons. The van der Waals surface area contributed by atoms with Crippen molar-refractivity contribution in [3.8, 4) is 5.75 Å². The van der Waals surface area contributed by atoms with Gasteiger partial charge in [-0.15, -0.1) is 0 Å². The summed E-state index contributed by atoms with van der Waals surface area (Å²) in [5.74, 6) is 0.200. The van der Waals surface area contributed by atoms with Gasteiger partial charge in [0.2, 0.25) is 21.8 Å². The number of hydrogen-bond acceptors (Lipinski definition) is 5. The normalized spacial score (nSPS) is 12.2. The Balaban J connectivity index is 2.18. The Labute approximate surface area is 215 Å². The fourth-order valence-electron chi connectivity index (χ4n) is 3.86. The van der Waals surface area contributed by atoms with Crippen molar-refractivity contribution in [2.24, 2.45) is 0 Å². The molecule has 0 fully saturated rings. The molecule has 198 valence electrons. The number of methoxy groups -OCH3 is 1. The maximum absolute atomic E-state index is 13.3. The van der Waals surface area contributed by atoms with Crippen molar-refractivity contribution in [3.05, 3.63) is 59.7 Å². The molecule has 36 heavy (non-hydrogen) atoms. The number of nitrogens with zero attached hydrogens (tertiary/aromatic N) is 2. The van der Waals surface area contributed by atoms with Gasteiger partial charge in [-0.2, -0.15) is 0 Å². The van der Waals surface area contributed by atoms with Crippen LogP contribution >= 0.6 is 0 Å². The molecular weight excluding hydrogens is 478 g/mol. The Morgan fingerprint density at radius 1 is 1.03 bits per heavy atom. The van der Waals surface area contributed by atoms with Gasteiger partial charge in [-0.3, -0.25) is 13.9 Å². The molecule has 2 aromatic rings. The van der Waals surface area contributed by atoms with Crippen molar-refractivity contribution in [1.82, 2.24) is 10.2 Å². The third kappa shape index (κ3) is 8.55. The zero-order chi connectivity index (χ0) is 26.9. The van der Waals surface area contributed by atoms with E-state index in [1.54, 1.807) is 26.2 Å². The summed E-state index contributed by atoms with van der Waals surface area (Å²) in [6.07, 6.45) is 2.44. The lowest BCUT2D eigenvalue weighted by Gasteiger charge is -2.30. The molecule has 2 rings (SSSR count). The van der Waals surface area contributed by atoms with Gasteiger partial charge in [0.1, 0.15) is 11.8 Å². The quantitative estimate of drug-likeness (QED) is 0.437. The molecule has 0 aliphatic rings. The van der Waals surface area contributed by atoms with Crippen LogP contribution in [0.3, 0.4) is 0 Å². The van der Waals surface area contributed by atoms with Crippen molar-refractivity contribution in [2.45, 2.75) is 65.6 Å². The number of amides is 2. The molecule has 1 atom stereocenters. The van der Waals surface area contributed by atoms with Crippen LogP contribution in [0.2, 0.25) is 0 Å². The van der Waals surface area contributed by atoms with Crippen molar-refractivity contribution in [1.29, 1.82) is 0 Å². The Morgan fingerprint density at radius 3 is 2.25 bits per heavy atom. The lowest BCUT2D eigenvalue weighted by atomic mass is 10.1. The summed E-state index contributed by atoms with van der Waals surface area (Å²) in [6, 6.07) is 14.0. The van der Waals surface area contributed by atoms with Crippen LogP contribution in [0.5, 0.6) is 5.75 Å². The van der Waals surface area contributed by atoms with Crippen LogP contribution in [-0.2, 0) is 32.6 Å². The number of carbonyl (C=O) groups excluding carboxylic acids is 2. The molecule has 0 heterocycles. The highest BCUT2D eigenvalue weighted by molar-refractivity contribution is 7.92. The monoisotopic (exact) mass is 517 g/mol. The van der Waals surface area contributed by atoms with E-state index in [4.69, 9.17) is 4.74 Å². The first-order chi connectivity index (χ1) is 17.0. The largest absolute Gasteiger partial charge is 0.497 e. The van der Waals surface area contributed by atoms with Gasteiger partial charge in [0.15, 0.2) is 0 Å². The van der Waals surface area contributed by atoms with E-state index in [0.29, 0.717) is 17.9 Å². The van der Waals surface area contributed by atoms with E-state index in [0.717, 1.165) is 23.8 Å². The first-order valence-corrected chi connectivity index (χ1v) is 14.1. The van der Waals surface area contributed by atoms with Crippen LogP contribution in [0.15, 0.2) is 48.5 Å². The standard InChI is InChI=1S/C27H39N3O5S/c1-7-22-13-15-24(16-14-22)30(36(6,33)34)17-9-12-26(31)29(21(4)27(32)28-20(2)3)19-23-10-8-11-25(18-23)35-5/h8,10-11,13-16,18,20-21H,7,9,12,17,19H2,1-6H3,(H,28,32)/t21-/m1/s1. The minimum atomic E-state index is -3.52. The average Bonchev–Trinajstić information content (AvgIpc) is 2.83. The molecule has 0 bridgehead atoms. The number of nitrogens with one attached hydrogen (secondary N) is 1. The van der Waals surface area contributed by atoms with Crippen molar-refractivity contribution < 1.29 is 22.7 Å². The Morgan fingerprint density at radius 2 is 1.69 bits per heavy atom. The van der Waals surface area contributed by atoms with E-state index in [1.165, 1.54) is 9.21 Å². The van der Waals surface area contributed by atoms with Gasteiger partial charge in [0, 0.05) is 25.6 Å². The highest BCUT2D eigenvalue weighted by Gasteiger charge is 2.27. The van der Waals surface area contributed by atoms with Crippen LogP contribution in [-0.4, -0.2) is 57.1 Å². The third-order valence-electron chi connectivity index (χ3n) is 5.87. The fraction of sp³-hybridized carbons (Fsp3) is 0.481. The fourth-order valence-corrected chi connectivity index (χ4v) is 4.82. The van der Waals surface area contributed by atoms with Crippen LogP contribution in [0.4, 0.5) is 5.69 Å². The van der Waals surface area contributed by atoms with Crippen molar-refractivity contribution in [3.63, 3.8) is 0 Å². The SMILES string of the molecule is CCc1ccc(N(CCCC(=O)N(Cc2cccc(OC)c2)[C@H](C)C(=O)NC(C)C)S(C)(=O)=O)cc1. The van der Waals surface area contributed by atoms with Gasteiger partial charge in [0.25, 0.3) is 0 Å². The smallest absolute Gasteiger partial charge is 0.242 e. The zero-order valence-electron chi connectivity index (χ0n) is 22.2. The molecular formula is C27H39N3O5S. The number of sulfonamides is 1. The number of benzene rings is 2. The first-order valence-electron chi connectivity index (χ1n) is 12.3. The number of anilines is 1. The van der Waals surface area contributed by atoms with Crippen molar-refractivity contribution in [2.75, 3.05) is 24.2 Å². The van der Waals surface area contributed by atoms with Gasteiger partial charge >= 0.3 is 0 Å². The van der Waals surface area contributed by atoms with E-state index in [1.807, 2.05) is 57.2 Å². The molecule has 0 saturated heterocycles. The average molecular weight is 518 g/mol. The molecule has 2 amide bonds. The second kappa shape index (κ2) is 13.3. The van der Waals surface area contributed by atoms with Crippen LogP contribution in [0.25, 0.3) is 0 Å². The van der Waals surface area contributed by atoms with Crippen LogP contribution < -0.4 is 14.4 Å². The summed E-state index contributed by atoms with van der Waals surface area (Å²) >= 11 is 0. The molecule has 0 aliphatic heterocycles. The Hall–Kier alpha value is -3.07. The lowest BCUT2D eigenvalue weighted by molar-refractivity contribution is -0.140. The second-order valence-corrected chi connectivity index (χ2v) is 11.1.